The molecule has 2 atom stereocenters. The van der Waals surface area contributed by atoms with Crippen molar-refractivity contribution in [3.8, 4) is 0 Å². The van der Waals surface area contributed by atoms with Crippen molar-refractivity contribution in [3.63, 3.8) is 0 Å². The summed E-state index contributed by atoms with van der Waals surface area (Å²) >= 11 is 0. The third-order valence-electron chi connectivity index (χ3n) is 2.91. The highest BCUT2D eigenvalue weighted by atomic mass is 16.1. The Morgan fingerprint density at radius 3 is 2.82 bits per heavy atom. The first-order valence-electron chi connectivity index (χ1n) is 6.06. The van der Waals surface area contributed by atoms with Gasteiger partial charge in [-0.25, -0.2) is 4.98 Å². The van der Waals surface area contributed by atoms with Crippen LogP contribution >= 0.6 is 0 Å². The molecule has 1 aromatic rings. The molecule has 4 heteroatoms. The summed E-state index contributed by atoms with van der Waals surface area (Å²) < 4.78 is 0. The summed E-state index contributed by atoms with van der Waals surface area (Å²) in [6.07, 6.45) is 3.67. The maximum atomic E-state index is 11.9. The third-order valence-corrected chi connectivity index (χ3v) is 2.91. The van der Waals surface area contributed by atoms with Crippen molar-refractivity contribution in [2.75, 3.05) is 5.73 Å². The van der Waals surface area contributed by atoms with Crippen molar-refractivity contribution in [2.45, 2.75) is 39.7 Å². The number of nitrogens with one attached hydrogen (secondary N) is 1. The standard InChI is InChI=1S/C13H21N3O/c1-4-9(2)8-10(3)16-13(17)11-6-5-7-15-12(11)14/h5-7,9-10H,4,8H2,1-3H3,(H2,14,15)(H,16,17). The molecular formula is C13H21N3O. The van der Waals surface area contributed by atoms with Crippen LogP contribution in [0.5, 0.6) is 0 Å². The number of anilines is 1. The fourth-order valence-electron chi connectivity index (χ4n) is 1.74. The Morgan fingerprint density at radius 1 is 1.53 bits per heavy atom. The molecule has 2 unspecified atom stereocenters. The van der Waals surface area contributed by atoms with Gasteiger partial charge in [0.1, 0.15) is 5.82 Å². The fraction of sp³-hybridized carbons (Fsp3) is 0.538. The fourth-order valence-corrected chi connectivity index (χ4v) is 1.74. The van der Waals surface area contributed by atoms with E-state index in [0.717, 1.165) is 12.8 Å². The minimum absolute atomic E-state index is 0.147. The van der Waals surface area contributed by atoms with Gasteiger partial charge in [-0.1, -0.05) is 20.3 Å². The molecule has 4 nitrogen and oxygen atoms in total. The normalized spacial score (nSPS) is 14.1. The summed E-state index contributed by atoms with van der Waals surface area (Å²) in [6, 6.07) is 3.55. The van der Waals surface area contributed by atoms with Crippen LogP contribution in [0.1, 0.15) is 44.0 Å². The maximum Gasteiger partial charge on any atom is 0.255 e. The number of carbonyl (C=O) groups is 1. The van der Waals surface area contributed by atoms with E-state index in [1.54, 1.807) is 18.3 Å². The average Bonchev–Trinajstić information content (AvgIpc) is 2.29. The second-order valence-corrected chi connectivity index (χ2v) is 4.56. The van der Waals surface area contributed by atoms with Gasteiger partial charge in [0.15, 0.2) is 0 Å². The van der Waals surface area contributed by atoms with Crippen molar-refractivity contribution in [1.82, 2.24) is 10.3 Å². The van der Waals surface area contributed by atoms with Crippen molar-refractivity contribution in [1.29, 1.82) is 0 Å². The van der Waals surface area contributed by atoms with E-state index in [9.17, 15) is 4.79 Å². The summed E-state index contributed by atoms with van der Waals surface area (Å²) in [5.41, 5.74) is 6.10. The number of hydrogen-bond donors (Lipinski definition) is 2. The molecule has 94 valence electrons. The van der Waals surface area contributed by atoms with E-state index in [0.29, 0.717) is 11.5 Å². The minimum atomic E-state index is -0.147. The number of pyridine rings is 1. The van der Waals surface area contributed by atoms with Gasteiger partial charge >= 0.3 is 0 Å². The van der Waals surface area contributed by atoms with Crippen molar-refractivity contribution < 1.29 is 4.79 Å². The monoisotopic (exact) mass is 235 g/mol. The molecule has 0 saturated heterocycles. The van der Waals surface area contributed by atoms with Crippen molar-refractivity contribution in [3.05, 3.63) is 23.9 Å². The zero-order valence-corrected chi connectivity index (χ0v) is 10.7. The smallest absolute Gasteiger partial charge is 0.255 e. The van der Waals surface area contributed by atoms with Crippen LogP contribution in [0.4, 0.5) is 5.82 Å². The summed E-state index contributed by atoms with van der Waals surface area (Å²) in [5.74, 6) is 0.740. The lowest BCUT2D eigenvalue weighted by Crippen LogP contribution is -2.34. The van der Waals surface area contributed by atoms with Gasteiger partial charge in [-0.3, -0.25) is 4.79 Å². The molecule has 3 N–H and O–H groups in total. The third kappa shape index (κ3) is 4.06. The molecule has 0 radical (unpaired) electrons. The van der Waals surface area contributed by atoms with Gasteiger partial charge < -0.3 is 11.1 Å². The molecule has 1 amide bonds. The first-order chi connectivity index (χ1) is 8.04. The maximum absolute atomic E-state index is 11.9. The molecule has 0 aliphatic rings. The molecule has 0 saturated carbocycles. The van der Waals surface area contributed by atoms with Gasteiger partial charge in [0.05, 0.1) is 5.56 Å². The van der Waals surface area contributed by atoms with Gasteiger partial charge in [0, 0.05) is 12.2 Å². The first kappa shape index (κ1) is 13.5. The lowest BCUT2D eigenvalue weighted by Gasteiger charge is -2.17. The van der Waals surface area contributed by atoms with Crippen LogP contribution in [-0.4, -0.2) is 16.9 Å². The molecule has 1 rings (SSSR count). The largest absolute Gasteiger partial charge is 0.383 e. The number of nitrogen functional groups attached to an aromatic ring is 1. The Hall–Kier alpha value is -1.58. The van der Waals surface area contributed by atoms with Crippen LogP contribution in [0.2, 0.25) is 0 Å². The summed E-state index contributed by atoms with van der Waals surface area (Å²) in [7, 11) is 0. The molecule has 0 spiro atoms. The number of nitrogens with zero attached hydrogens (tertiary/aromatic N) is 1. The van der Waals surface area contributed by atoms with Crippen LogP contribution in [0.15, 0.2) is 18.3 Å². The quantitative estimate of drug-likeness (QED) is 0.822. The van der Waals surface area contributed by atoms with Gasteiger partial charge in [-0.05, 0) is 31.4 Å². The summed E-state index contributed by atoms with van der Waals surface area (Å²) in [5, 5.41) is 2.94. The predicted octanol–water partition coefficient (Wildman–Crippen LogP) is 2.22. The number of aromatic nitrogens is 1. The molecule has 0 aromatic carbocycles. The van der Waals surface area contributed by atoms with Crippen molar-refractivity contribution in [2.24, 2.45) is 5.92 Å². The van der Waals surface area contributed by atoms with E-state index in [2.05, 4.69) is 24.1 Å². The minimum Gasteiger partial charge on any atom is -0.383 e. The van der Waals surface area contributed by atoms with E-state index in [4.69, 9.17) is 5.73 Å². The van der Waals surface area contributed by atoms with E-state index in [1.165, 1.54) is 0 Å². The predicted molar refractivity (Wildman–Crippen MR) is 69.6 cm³/mol. The molecule has 0 aliphatic heterocycles. The highest BCUT2D eigenvalue weighted by Crippen LogP contribution is 2.11. The highest BCUT2D eigenvalue weighted by molar-refractivity contribution is 5.98. The molecule has 17 heavy (non-hydrogen) atoms. The Labute approximate surface area is 103 Å². The van der Waals surface area contributed by atoms with E-state index in [-0.39, 0.29) is 17.8 Å². The van der Waals surface area contributed by atoms with Crippen LogP contribution in [-0.2, 0) is 0 Å². The first-order valence-corrected chi connectivity index (χ1v) is 6.06. The molecule has 1 aromatic heterocycles. The topological polar surface area (TPSA) is 68.0 Å². The number of amides is 1. The SMILES string of the molecule is CCC(C)CC(C)NC(=O)c1cccnc1N. The Kier molecular flexibility index (Phi) is 4.94. The van der Waals surface area contributed by atoms with E-state index < -0.39 is 0 Å². The van der Waals surface area contributed by atoms with Crippen molar-refractivity contribution >= 4 is 11.7 Å². The molecule has 0 aliphatic carbocycles. The number of hydrogen-bond acceptors (Lipinski definition) is 3. The van der Waals surface area contributed by atoms with Gasteiger partial charge in [-0.15, -0.1) is 0 Å². The van der Waals surface area contributed by atoms with Gasteiger partial charge in [-0.2, -0.15) is 0 Å². The number of rotatable bonds is 5. The Balaban J connectivity index is 2.58. The number of carbonyl (C=O) groups excluding carboxylic acids is 1. The number of nitrogens with two attached hydrogens (primary N) is 1. The van der Waals surface area contributed by atoms with Crippen LogP contribution < -0.4 is 11.1 Å². The second-order valence-electron chi connectivity index (χ2n) is 4.56. The molecule has 0 bridgehead atoms. The Bertz CT molecular complexity index is 379. The lowest BCUT2D eigenvalue weighted by molar-refractivity contribution is 0.0936. The highest BCUT2D eigenvalue weighted by Gasteiger charge is 2.14. The molecule has 1 heterocycles. The van der Waals surface area contributed by atoms with Gasteiger partial charge in [0.25, 0.3) is 5.91 Å². The Morgan fingerprint density at radius 2 is 2.24 bits per heavy atom. The summed E-state index contributed by atoms with van der Waals surface area (Å²) in [6.45, 7) is 6.34. The average molecular weight is 235 g/mol. The van der Waals surface area contributed by atoms with Crippen LogP contribution in [0.3, 0.4) is 0 Å². The van der Waals surface area contributed by atoms with E-state index in [1.807, 2.05) is 6.92 Å². The summed E-state index contributed by atoms with van der Waals surface area (Å²) in [4.78, 5) is 15.8. The van der Waals surface area contributed by atoms with Gasteiger partial charge in [0.2, 0.25) is 0 Å². The van der Waals surface area contributed by atoms with Crippen LogP contribution in [0, 0.1) is 5.92 Å². The zero-order valence-electron chi connectivity index (χ0n) is 10.7. The van der Waals surface area contributed by atoms with E-state index >= 15 is 0 Å². The zero-order chi connectivity index (χ0) is 12.8. The molecule has 0 fully saturated rings. The second kappa shape index (κ2) is 6.23. The molecular weight excluding hydrogens is 214 g/mol. The lowest BCUT2D eigenvalue weighted by atomic mass is 10.0. The van der Waals surface area contributed by atoms with Crippen LogP contribution in [0.25, 0.3) is 0 Å².